The fourth-order valence-electron chi connectivity index (χ4n) is 0.678. The van der Waals surface area contributed by atoms with E-state index in [-0.39, 0.29) is 5.82 Å². The van der Waals surface area contributed by atoms with E-state index in [1.165, 1.54) is 18.3 Å². The second-order valence-corrected chi connectivity index (χ2v) is 2.60. The lowest BCUT2D eigenvalue weighted by Crippen LogP contribution is -1.81. The zero-order valence-electron chi connectivity index (χ0n) is 5.80. The molecule has 0 N–H and O–H groups in total. The van der Waals surface area contributed by atoms with Crippen LogP contribution in [-0.2, 0) is 0 Å². The van der Waals surface area contributed by atoms with Crippen molar-refractivity contribution in [3.05, 3.63) is 35.9 Å². The number of rotatable bonds is 2. The van der Waals surface area contributed by atoms with Gasteiger partial charge in [0.15, 0.2) is 0 Å². The zero-order chi connectivity index (χ0) is 8.10. The average Bonchev–Trinajstić information content (AvgIpc) is 2.01. The van der Waals surface area contributed by atoms with E-state index in [1.807, 2.05) is 6.08 Å². The molecule has 0 radical (unpaired) electrons. The van der Waals surface area contributed by atoms with Gasteiger partial charge in [-0.05, 0) is 18.2 Å². The fourth-order valence-corrected chi connectivity index (χ4v) is 0.865. The third-order valence-corrected chi connectivity index (χ3v) is 1.49. The number of halogens is 2. The summed E-state index contributed by atoms with van der Waals surface area (Å²) in [4.78, 5) is 3.93. The van der Waals surface area contributed by atoms with Gasteiger partial charge >= 0.3 is 0 Å². The molecule has 1 rings (SSSR count). The summed E-state index contributed by atoms with van der Waals surface area (Å²) in [5.74, 6) is -0.255. The van der Waals surface area contributed by atoms with E-state index in [0.717, 1.165) is 5.33 Å². The second-order valence-electron chi connectivity index (χ2n) is 1.96. The van der Waals surface area contributed by atoms with Gasteiger partial charge < -0.3 is 0 Å². The van der Waals surface area contributed by atoms with Crippen LogP contribution < -0.4 is 0 Å². The molecule has 1 nitrogen and oxygen atoms in total. The van der Waals surface area contributed by atoms with E-state index in [2.05, 4.69) is 20.9 Å². The molecule has 0 fully saturated rings. The Morgan fingerprint density at radius 2 is 2.45 bits per heavy atom. The number of pyridine rings is 1. The van der Waals surface area contributed by atoms with Crippen LogP contribution in [0.15, 0.2) is 24.4 Å². The summed E-state index contributed by atoms with van der Waals surface area (Å²) >= 11 is 3.22. The van der Waals surface area contributed by atoms with E-state index >= 15 is 0 Å². The maximum atomic E-state index is 12.5. The Kier molecular flexibility index (Phi) is 3.23. The summed E-state index contributed by atoms with van der Waals surface area (Å²) in [6, 6.07) is 2.71. The Labute approximate surface area is 73.1 Å². The van der Waals surface area contributed by atoms with Crippen LogP contribution in [0.2, 0.25) is 0 Å². The molecule has 0 saturated heterocycles. The van der Waals surface area contributed by atoms with Gasteiger partial charge in [0.1, 0.15) is 5.82 Å². The van der Waals surface area contributed by atoms with Crippen molar-refractivity contribution in [1.29, 1.82) is 0 Å². The first-order valence-electron chi connectivity index (χ1n) is 3.17. The standard InChI is InChI=1S/C8H7BrFN/c9-4-1-2-8-6-7(10)3-5-11-8/h1-3,5-6H,4H2. The van der Waals surface area contributed by atoms with Crippen molar-refractivity contribution in [1.82, 2.24) is 4.98 Å². The van der Waals surface area contributed by atoms with Gasteiger partial charge in [-0.3, -0.25) is 4.98 Å². The average molecular weight is 216 g/mol. The first-order chi connectivity index (χ1) is 5.33. The molecule has 0 spiro atoms. The van der Waals surface area contributed by atoms with E-state index in [0.29, 0.717) is 5.69 Å². The Morgan fingerprint density at radius 1 is 1.64 bits per heavy atom. The highest BCUT2D eigenvalue weighted by atomic mass is 79.9. The largest absolute Gasteiger partial charge is 0.257 e. The normalized spacial score (nSPS) is 10.7. The van der Waals surface area contributed by atoms with Crippen molar-refractivity contribution in [3.8, 4) is 0 Å². The van der Waals surface area contributed by atoms with Crippen LogP contribution in [0.4, 0.5) is 4.39 Å². The molecule has 0 aromatic carbocycles. The summed E-state index contributed by atoms with van der Waals surface area (Å²) in [7, 11) is 0. The van der Waals surface area contributed by atoms with Crippen molar-refractivity contribution < 1.29 is 4.39 Å². The van der Waals surface area contributed by atoms with Gasteiger partial charge in [0.05, 0.1) is 5.69 Å². The lowest BCUT2D eigenvalue weighted by atomic mass is 10.3. The lowest BCUT2D eigenvalue weighted by Gasteiger charge is -1.90. The van der Waals surface area contributed by atoms with Gasteiger partial charge in [0.2, 0.25) is 0 Å². The van der Waals surface area contributed by atoms with Gasteiger partial charge in [-0.2, -0.15) is 0 Å². The molecule has 0 atom stereocenters. The van der Waals surface area contributed by atoms with Crippen LogP contribution in [-0.4, -0.2) is 10.3 Å². The molecule has 0 amide bonds. The second kappa shape index (κ2) is 4.23. The number of hydrogen-bond donors (Lipinski definition) is 0. The monoisotopic (exact) mass is 215 g/mol. The van der Waals surface area contributed by atoms with Crippen molar-refractivity contribution in [3.63, 3.8) is 0 Å². The van der Waals surface area contributed by atoms with Crippen molar-refractivity contribution in [2.75, 3.05) is 5.33 Å². The molecule has 0 bridgehead atoms. The van der Waals surface area contributed by atoms with Crippen LogP contribution >= 0.6 is 15.9 Å². The maximum absolute atomic E-state index is 12.5. The summed E-state index contributed by atoms with van der Waals surface area (Å²) in [5, 5.41) is 0.755. The van der Waals surface area contributed by atoms with E-state index in [4.69, 9.17) is 0 Å². The molecular weight excluding hydrogens is 209 g/mol. The van der Waals surface area contributed by atoms with Crippen LogP contribution in [0.1, 0.15) is 5.69 Å². The number of hydrogen-bond acceptors (Lipinski definition) is 1. The minimum atomic E-state index is -0.255. The quantitative estimate of drug-likeness (QED) is 0.692. The van der Waals surface area contributed by atoms with E-state index in [1.54, 1.807) is 6.08 Å². The smallest absolute Gasteiger partial charge is 0.126 e. The Hall–Kier alpha value is -0.700. The first-order valence-corrected chi connectivity index (χ1v) is 4.29. The molecule has 0 aliphatic carbocycles. The van der Waals surface area contributed by atoms with Gasteiger partial charge in [-0.1, -0.05) is 22.0 Å². The molecule has 1 aromatic rings. The molecular formula is C8H7BrFN. The molecule has 0 unspecified atom stereocenters. The Balaban J connectivity index is 2.79. The van der Waals surface area contributed by atoms with Gasteiger partial charge in [0.25, 0.3) is 0 Å². The molecule has 0 aliphatic heterocycles. The predicted molar refractivity (Wildman–Crippen MR) is 47.0 cm³/mol. The number of nitrogens with zero attached hydrogens (tertiary/aromatic N) is 1. The minimum absolute atomic E-state index is 0.255. The number of allylic oxidation sites excluding steroid dienone is 1. The third kappa shape index (κ3) is 2.80. The van der Waals surface area contributed by atoms with Crippen molar-refractivity contribution in [2.45, 2.75) is 0 Å². The Bertz CT molecular complexity index is 260. The van der Waals surface area contributed by atoms with Crippen LogP contribution in [0.5, 0.6) is 0 Å². The summed E-state index contributed by atoms with van der Waals surface area (Å²) in [5.41, 5.74) is 0.643. The highest BCUT2D eigenvalue weighted by Gasteiger charge is 1.89. The number of alkyl halides is 1. The van der Waals surface area contributed by atoms with Gasteiger partial charge in [-0.25, -0.2) is 4.39 Å². The number of aromatic nitrogens is 1. The summed E-state index contributed by atoms with van der Waals surface area (Å²) < 4.78 is 12.5. The molecule has 1 aromatic heterocycles. The first kappa shape index (κ1) is 8.40. The molecule has 11 heavy (non-hydrogen) atoms. The molecule has 58 valence electrons. The zero-order valence-corrected chi connectivity index (χ0v) is 7.38. The fraction of sp³-hybridized carbons (Fsp3) is 0.125. The molecule has 1 heterocycles. The van der Waals surface area contributed by atoms with Gasteiger partial charge in [0, 0.05) is 11.5 Å². The van der Waals surface area contributed by atoms with Crippen LogP contribution in [0.3, 0.4) is 0 Å². The van der Waals surface area contributed by atoms with E-state index < -0.39 is 0 Å². The van der Waals surface area contributed by atoms with Crippen molar-refractivity contribution in [2.24, 2.45) is 0 Å². The summed E-state index contributed by atoms with van der Waals surface area (Å²) in [6.07, 6.45) is 5.07. The lowest BCUT2D eigenvalue weighted by molar-refractivity contribution is 0.625. The summed E-state index contributed by atoms with van der Waals surface area (Å²) in [6.45, 7) is 0. The maximum Gasteiger partial charge on any atom is 0.126 e. The SMILES string of the molecule is Fc1ccnc(C=CCBr)c1. The van der Waals surface area contributed by atoms with E-state index in [9.17, 15) is 4.39 Å². The predicted octanol–water partition coefficient (Wildman–Crippen LogP) is 2.63. The van der Waals surface area contributed by atoms with Crippen LogP contribution in [0, 0.1) is 5.82 Å². The Morgan fingerprint density at radius 3 is 3.09 bits per heavy atom. The van der Waals surface area contributed by atoms with Crippen LogP contribution in [0.25, 0.3) is 6.08 Å². The highest BCUT2D eigenvalue weighted by molar-refractivity contribution is 9.09. The molecule has 3 heteroatoms. The highest BCUT2D eigenvalue weighted by Crippen LogP contribution is 2.01. The molecule has 0 saturated carbocycles. The van der Waals surface area contributed by atoms with Gasteiger partial charge in [-0.15, -0.1) is 0 Å². The minimum Gasteiger partial charge on any atom is -0.257 e. The third-order valence-electron chi connectivity index (χ3n) is 1.12. The topological polar surface area (TPSA) is 12.9 Å². The van der Waals surface area contributed by atoms with Crippen molar-refractivity contribution >= 4 is 22.0 Å². The molecule has 0 aliphatic rings.